The average molecular weight is 308 g/mol. The molecule has 1 heterocycles. The van der Waals surface area contributed by atoms with Crippen molar-refractivity contribution in [1.82, 2.24) is 9.78 Å². The molecule has 5 nitrogen and oxygen atoms in total. The van der Waals surface area contributed by atoms with Crippen LogP contribution in [0, 0.1) is 0 Å². The number of carbonyl (C=O) groups is 1. The van der Waals surface area contributed by atoms with Gasteiger partial charge in [0.2, 0.25) is 0 Å². The molecular weight excluding hydrogens is 292 g/mol. The normalized spacial score (nSPS) is 10.7. The number of methoxy groups -OCH3 is 1. The van der Waals surface area contributed by atoms with Gasteiger partial charge in [0.1, 0.15) is 0 Å². The van der Waals surface area contributed by atoms with Gasteiger partial charge in [-0.1, -0.05) is 48.5 Å². The van der Waals surface area contributed by atoms with Gasteiger partial charge in [-0.3, -0.25) is 9.59 Å². The van der Waals surface area contributed by atoms with Crippen molar-refractivity contribution in [3.63, 3.8) is 0 Å². The summed E-state index contributed by atoms with van der Waals surface area (Å²) in [6.45, 7) is 0.360. The summed E-state index contributed by atoms with van der Waals surface area (Å²) in [5.41, 5.74) is 1.35. The fourth-order valence-corrected chi connectivity index (χ4v) is 2.51. The van der Waals surface area contributed by atoms with Crippen LogP contribution in [0.25, 0.3) is 10.8 Å². The largest absolute Gasteiger partial charge is 0.469 e. The van der Waals surface area contributed by atoms with Crippen LogP contribution in [0.15, 0.2) is 59.4 Å². The van der Waals surface area contributed by atoms with Crippen LogP contribution in [0.5, 0.6) is 0 Å². The predicted octanol–water partition coefficient (Wildman–Crippen LogP) is 2.16. The number of carbonyl (C=O) groups excluding carboxylic acids is 1. The first-order valence-corrected chi connectivity index (χ1v) is 7.28. The molecule has 0 saturated heterocycles. The molecule has 0 radical (unpaired) electrons. The molecule has 0 aliphatic heterocycles. The Morgan fingerprint density at radius 2 is 1.70 bits per heavy atom. The van der Waals surface area contributed by atoms with Gasteiger partial charge >= 0.3 is 5.97 Å². The van der Waals surface area contributed by atoms with Crippen molar-refractivity contribution in [3.8, 4) is 0 Å². The van der Waals surface area contributed by atoms with Crippen LogP contribution in [0.1, 0.15) is 11.3 Å². The second-order valence-corrected chi connectivity index (χ2v) is 5.19. The zero-order valence-corrected chi connectivity index (χ0v) is 12.7. The van der Waals surface area contributed by atoms with Crippen molar-refractivity contribution in [2.45, 2.75) is 13.0 Å². The highest BCUT2D eigenvalue weighted by Gasteiger charge is 2.13. The second-order valence-electron chi connectivity index (χ2n) is 5.19. The molecule has 116 valence electrons. The maximum Gasteiger partial charge on any atom is 0.311 e. The Balaban J connectivity index is 2.12. The predicted molar refractivity (Wildman–Crippen MR) is 87.3 cm³/mol. The first-order chi connectivity index (χ1) is 11.2. The van der Waals surface area contributed by atoms with E-state index >= 15 is 0 Å². The van der Waals surface area contributed by atoms with Gasteiger partial charge in [-0.15, -0.1) is 0 Å². The lowest BCUT2D eigenvalue weighted by molar-refractivity contribution is -0.139. The van der Waals surface area contributed by atoms with Crippen molar-refractivity contribution in [1.29, 1.82) is 0 Å². The van der Waals surface area contributed by atoms with Gasteiger partial charge in [-0.2, -0.15) is 5.10 Å². The molecule has 5 heteroatoms. The number of aromatic nitrogens is 2. The minimum Gasteiger partial charge on any atom is -0.469 e. The van der Waals surface area contributed by atoms with Crippen molar-refractivity contribution >= 4 is 16.7 Å². The highest BCUT2D eigenvalue weighted by molar-refractivity contribution is 5.86. The van der Waals surface area contributed by atoms with Crippen LogP contribution in [-0.4, -0.2) is 22.9 Å². The Bertz CT molecular complexity index is 901. The molecule has 3 aromatic rings. The third-order valence-corrected chi connectivity index (χ3v) is 3.66. The van der Waals surface area contributed by atoms with Gasteiger partial charge in [0.15, 0.2) is 0 Å². The lowest BCUT2D eigenvalue weighted by atomic mass is 10.1. The monoisotopic (exact) mass is 308 g/mol. The van der Waals surface area contributed by atoms with Crippen LogP contribution in [0.4, 0.5) is 0 Å². The molecule has 0 aliphatic rings. The molecule has 0 bridgehead atoms. The topological polar surface area (TPSA) is 61.2 Å². The van der Waals surface area contributed by atoms with Gasteiger partial charge in [0, 0.05) is 5.39 Å². The third-order valence-electron chi connectivity index (χ3n) is 3.66. The Morgan fingerprint density at radius 3 is 2.39 bits per heavy atom. The molecule has 0 N–H and O–H groups in total. The lowest BCUT2D eigenvalue weighted by Crippen LogP contribution is -2.26. The van der Waals surface area contributed by atoms with Crippen LogP contribution >= 0.6 is 0 Å². The first-order valence-electron chi connectivity index (χ1n) is 7.28. The molecular formula is C18H16N2O3. The van der Waals surface area contributed by atoms with Crippen LogP contribution < -0.4 is 5.56 Å². The molecule has 0 atom stereocenters. The third kappa shape index (κ3) is 3.13. The van der Waals surface area contributed by atoms with Gasteiger partial charge in [-0.05, 0) is 11.6 Å². The Labute approximate surface area is 133 Å². The highest BCUT2D eigenvalue weighted by atomic mass is 16.5. The highest BCUT2D eigenvalue weighted by Crippen LogP contribution is 2.14. The molecule has 0 aliphatic carbocycles. The van der Waals surface area contributed by atoms with E-state index in [1.165, 1.54) is 11.8 Å². The maximum absolute atomic E-state index is 12.6. The number of benzene rings is 2. The number of fused-ring (bicyclic) bond motifs is 1. The summed E-state index contributed by atoms with van der Waals surface area (Å²) in [6, 6.07) is 16.8. The average Bonchev–Trinajstić information content (AvgIpc) is 2.60. The minimum atomic E-state index is -0.382. The second kappa shape index (κ2) is 6.44. The van der Waals surface area contributed by atoms with Gasteiger partial charge in [0.05, 0.1) is 31.2 Å². The quantitative estimate of drug-likeness (QED) is 0.693. The Kier molecular flexibility index (Phi) is 4.19. The maximum atomic E-state index is 12.6. The van der Waals surface area contributed by atoms with Crippen molar-refractivity contribution in [3.05, 3.63) is 76.2 Å². The summed E-state index contributed by atoms with van der Waals surface area (Å²) in [5, 5.41) is 5.63. The van der Waals surface area contributed by atoms with E-state index in [2.05, 4.69) is 5.10 Å². The number of nitrogens with zero attached hydrogens (tertiary/aromatic N) is 2. The van der Waals surface area contributed by atoms with Crippen molar-refractivity contribution in [2.75, 3.05) is 7.11 Å². The molecule has 0 amide bonds. The summed E-state index contributed by atoms with van der Waals surface area (Å²) in [7, 11) is 1.34. The van der Waals surface area contributed by atoms with E-state index in [4.69, 9.17) is 4.74 Å². The van der Waals surface area contributed by atoms with Gasteiger partial charge < -0.3 is 4.74 Å². The summed E-state index contributed by atoms with van der Waals surface area (Å²) in [4.78, 5) is 24.3. The van der Waals surface area contributed by atoms with E-state index in [1.807, 2.05) is 36.4 Å². The molecule has 23 heavy (non-hydrogen) atoms. The molecule has 3 rings (SSSR count). The van der Waals surface area contributed by atoms with Gasteiger partial charge in [-0.25, -0.2) is 4.68 Å². The van der Waals surface area contributed by atoms with E-state index in [0.29, 0.717) is 23.0 Å². The molecule has 0 fully saturated rings. The van der Waals surface area contributed by atoms with Crippen molar-refractivity contribution in [2.24, 2.45) is 0 Å². The lowest BCUT2D eigenvalue weighted by Gasteiger charge is -2.10. The summed E-state index contributed by atoms with van der Waals surface area (Å²) < 4.78 is 6.12. The zero-order valence-electron chi connectivity index (χ0n) is 12.7. The van der Waals surface area contributed by atoms with Crippen LogP contribution in [0.3, 0.4) is 0 Å². The zero-order chi connectivity index (χ0) is 16.2. The van der Waals surface area contributed by atoms with E-state index in [0.717, 1.165) is 5.56 Å². The number of rotatable bonds is 4. The Hall–Kier alpha value is -2.95. The molecule has 0 spiro atoms. The summed E-state index contributed by atoms with van der Waals surface area (Å²) >= 11 is 0. The van der Waals surface area contributed by atoms with E-state index in [1.54, 1.807) is 18.2 Å². The number of hydrogen-bond donors (Lipinski definition) is 0. The Morgan fingerprint density at radius 1 is 1.04 bits per heavy atom. The molecule has 2 aromatic carbocycles. The van der Waals surface area contributed by atoms with E-state index in [9.17, 15) is 9.59 Å². The van der Waals surface area contributed by atoms with Crippen LogP contribution in [0.2, 0.25) is 0 Å². The smallest absolute Gasteiger partial charge is 0.311 e. The summed E-state index contributed by atoms with van der Waals surface area (Å²) in [5.74, 6) is -0.382. The number of hydrogen-bond acceptors (Lipinski definition) is 4. The molecule has 0 saturated carbocycles. The minimum absolute atomic E-state index is 0.0338. The van der Waals surface area contributed by atoms with Crippen LogP contribution in [-0.2, 0) is 22.5 Å². The number of ether oxygens (including phenoxy) is 1. The number of esters is 1. The van der Waals surface area contributed by atoms with E-state index < -0.39 is 0 Å². The molecule has 1 aromatic heterocycles. The van der Waals surface area contributed by atoms with Crippen molar-refractivity contribution < 1.29 is 9.53 Å². The fourth-order valence-electron chi connectivity index (χ4n) is 2.51. The SMILES string of the molecule is COC(=O)Cc1nn(Cc2ccccc2)c(=O)c2ccccc12. The summed E-state index contributed by atoms with van der Waals surface area (Å²) in [6.07, 6.45) is 0.0338. The standard InChI is InChI=1S/C18H16N2O3/c1-23-17(21)11-16-14-9-5-6-10-15(14)18(22)20(19-16)12-13-7-3-2-4-8-13/h2-10H,11-12H2,1H3. The van der Waals surface area contributed by atoms with E-state index in [-0.39, 0.29) is 17.9 Å². The molecule has 0 unspecified atom stereocenters. The fraction of sp³-hybridized carbons (Fsp3) is 0.167. The van der Waals surface area contributed by atoms with Gasteiger partial charge in [0.25, 0.3) is 5.56 Å². The first kappa shape index (κ1) is 15.0.